The molecule has 0 radical (unpaired) electrons. The number of methoxy groups -OCH3 is 1. The van der Waals surface area contributed by atoms with Crippen LogP contribution in [0.25, 0.3) is 0 Å². The van der Waals surface area contributed by atoms with Crippen molar-refractivity contribution in [3.63, 3.8) is 0 Å². The lowest BCUT2D eigenvalue weighted by Gasteiger charge is -2.14. The number of carbonyl (C=O) groups is 1. The number of carbonyl (C=O) groups excluding carboxylic acids is 1. The highest BCUT2D eigenvalue weighted by atomic mass is 19.4. The molecular formula is C19H20F3NO4. The molecule has 1 unspecified atom stereocenters. The molecule has 146 valence electrons. The number of halogens is 3. The first-order valence-corrected chi connectivity index (χ1v) is 8.12. The van der Waals surface area contributed by atoms with Crippen molar-refractivity contribution in [2.75, 3.05) is 19.0 Å². The molecule has 27 heavy (non-hydrogen) atoms. The molecule has 0 heterocycles. The van der Waals surface area contributed by atoms with Crippen LogP contribution in [0.3, 0.4) is 0 Å². The second-order valence-electron chi connectivity index (χ2n) is 5.72. The maximum Gasteiger partial charge on any atom is 0.422 e. The first-order chi connectivity index (χ1) is 12.8. The summed E-state index contributed by atoms with van der Waals surface area (Å²) in [5, 5.41) is 2.63. The number of nitrogens with one attached hydrogen (secondary N) is 1. The number of alkyl halides is 3. The third kappa shape index (κ3) is 7.18. The van der Waals surface area contributed by atoms with Crippen molar-refractivity contribution in [1.29, 1.82) is 0 Å². The fourth-order valence-corrected chi connectivity index (χ4v) is 2.10. The van der Waals surface area contributed by atoms with Crippen LogP contribution in [0.2, 0.25) is 0 Å². The van der Waals surface area contributed by atoms with Gasteiger partial charge in [-0.1, -0.05) is 12.1 Å². The maximum absolute atomic E-state index is 12.2. The highest BCUT2D eigenvalue weighted by Crippen LogP contribution is 2.20. The molecule has 0 aliphatic carbocycles. The molecule has 1 atom stereocenters. The molecule has 1 N–H and O–H groups in total. The predicted octanol–water partition coefficient (Wildman–Crippen LogP) is 4.18. The normalized spacial score (nSPS) is 12.3. The minimum atomic E-state index is -4.40. The average Bonchev–Trinajstić information content (AvgIpc) is 2.65. The first kappa shape index (κ1) is 20.6. The summed E-state index contributed by atoms with van der Waals surface area (Å²) >= 11 is 0. The third-order valence-electron chi connectivity index (χ3n) is 3.53. The monoisotopic (exact) mass is 383 g/mol. The first-order valence-electron chi connectivity index (χ1n) is 8.12. The van der Waals surface area contributed by atoms with E-state index in [2.05, 4.69) is 10.1 Å². The minimum Gasteiger partial charge on any atom is -0.497 e. The van der Waals surface area contributed by atoms with Crippen LogP contribution in [0.15, 0.2) is 48.5 Å². The van der Waals surface area contributed by atoms with Crippen molar-refractivity contribution < 1.29 is 32.2 Å². The Bertz CT molecular complexity index is 747. The zero-order chi connectivity index (χ0) is 19.9. The van der Waals surface area contributed by atoms with Gasteiger partial charge in [-0.05, 0) is 48.9 Å². The maximum atomic E-state index is 12.2. The van der Waals surface area contributed by atoms with Crippen LogP contribution in [0.5, 0.6) is 11.5 Å². The van der Waals surface area contributed by atoms with Crippen LogP contribution in [0.1, 0.15) is 12.5 Å². The van der Waals surface area contributed by atoms with Gasteiger partial charge >= 0.3 is 6.18 Å². The molecule has 0 bridgehead atoms. The van der Waals surface area contributed by atoms with Crippen molar-refractivity contribution in [2.24, 2.45) is 0 Å². The second kappa shape index (κ2) is 9.27. The molecule has 0 spiro atoms. The Morgan fingerprint density at radius 1 is 1.11 bits per heavy atom. The van der Waals surface area contributed by atoms with E-state index < -0.39 is 18.9 Å². The van der Waals surface area contributed by atoms with E-state index in [1.807, 2.05) is 24.3 Å². The Morgan fingerprint density at radius 3 is 2.44 bits per heavy atom. The van der Waals surface area contributed by atoms with Gasteiger partial charge in [-0.3, -0.25) is 4.79 Å². The summed E-state index contributed by atoms with van der Waals surface area (Å²) in [6.45, 7) is 0.472. The quantitative estimate of drug-likeness (QED) is 0.743. The summed E-state index contributed by atoms with van der Waals surface area (Å²) < 4.78 is 51.6. The van der Waals surface area contributed by atoms with Gasteiger partial charge in [0.2, 0.25) is 0 Å². The van der Waals surface area contributed by atoms with Crippen LogP contribution < -0.4 is 14.8 Å². The number of rotatable bonds is 8. The van der Waals surface area contributed by atoms with E-state index in [-0.39, 0.29) is 18.3 Å². The second-order valence-corrected chi connectivity index (χ2v) is 5.72. The Labute approximate surface area is 155 Å². The van der Waals surface area contributed by atoms with Crippen molar-refractivity contribution in [3.05, 3.63) is 54.1 Å². The number of benzene rings is 2. The molecule has 0 aliphatic rings. The van der Waals surface area contributed by atoms with E-state index >= 15 is 0 Å². The summed E-state index contributed by atoms with van der Waals surface area (Å²) in [4.78, 5) is 12.2. The van der Waals surface area contributed by atoms with Crippen LogP contribution in [0, 0.1) is 0 Å². The van der Waals surface area contributed by atoms with Gasteiger partial charge in [0.05, 0.1) is 13.7 Å². The van der Waals surface area contributed by atoms with E-state index in [0.717, 1.165) is 5.56 Å². The number of amides is 1. The molecule has 2 aromatic rings. The standard InChI is InChI=1S/C19H20F3NO4/c1-13(26-11-14-4-3-5-17(10-14)25-2)18(24)23-15-6-8-16(9-7-15)27-12-19(20,21)22/h3-10,13H,11-12H2,1-2H3,(H,23,24). The zero-order valence-electron chi connectivity index (χ0n) is 14.9. The van der Waals surface area contributed by atoms with E-state index in [1.165, 1.54) is 24.3 Å². The lowest BCUT2D eigenvalue weighted by molar-refractivity contribution is -0.153. The molecule has 0 saturated carbocycles. The van der Waals surface area contributed by atoms with Crippen LogP contribution >= 0.6 is 0 Å². The van der Waals surface area contributed by atoms with Gasteiger partial charge in [0.15, 0.2) is 6.61 Å². The van der Waals surface area contributed by atoms with E-state index in [0.29, 0.717) is 11.4 Å². The van der Waals surface area contributed by atoms with Gasteiger partial charge in [0, 0.05) is 5.69 Å². The number of hydrogen-bond acceptors (Lipinski definition) is 4. The van der Waals surface area contributed by atoms with Gasteiger partial charge in [-0.2, -0.15) is 13.2 Å². The summed E-state index contributed by atoms with van der Waals surface area (Å²) in [5.74, 6) is 0.385. The highest BCUT2D eigenvalue weighted by molar-refractivity contribution is 5.93. The number of hydrogen-bond donors (Lipinski definition) is 1. The van der Waals surface area contributed by atoms with Gasteiger partial charge in [-0.15, -0.1) is 0 Å². The highest BCUT2D eigenvalue weighted by Gasteiger charge is 2.28. The molecule has 0 saturated heterocycles. The Morgan fingerprint density at radius 2 is 1.81 bits per heavy atom. The lowest BCUT2D eigenvalue weighted by Crippen LogP contribution is -2.27. The van der Waals surface area contributed by atoms with Gasteiger partial charge in [0.1, 0.15) is 17.6 Å². The molecule has 8 heteroatoms. The summed E-state index contributed by atoms with van der Waals surface area (Å²) in [7, 11) is 1.56. The molecule has 0 fully saturated rings. The Balaban J connectivity index is 1.83. The van der Waals surface area contributed by atoms with Gasteiger partial charge in [-0.25, -0.2) is 0 Å². The minimum absolute atomic E-state index is 0.0626. The van der Waals surface area contributed by atoms with E-state index in [9.17, 15) is 18.0 Å². The molecule has 2 rings (SSSR count). The third-order valence-corrected chi connectivity index (χ3v) is 3.53. The summed E-state index contributed by atoms with van der Waals surface area (Å²) in [6, 6.07) is 12.9. The SMILES string of the molecule is COc1cccc(COC(C)C(=O)Nc2ccc(OCC(F)(F)F)cc2)c1. The summed E-state index contributed by atoms with van der Waals surface area (Å²) in [5.41, 5.74) is 1.29. The average molecular weight is 383 g/mol. The largest absolute Gasteiger partial charge is 0.497 e. The Kier molecular flexibility index (Phi) is 7.06. The number of ether oxygens (including phenoxy) is 3. The molecule has 1 amide bonds. The molecule has 5 nitrogen and oxygen atoms in total. The number of anilines is 1. The van der Waals surface area contributed by atoms with Crippen LogP contribution in [0.4, 0.5) is 18.9 Å². The predicted molar refractivity (Wildman–Crippen MR) is 93.9 cm³/mol. The summed E-state index contributed by atoms with van der Waals surface area (Å²) in [6.07, 6.45) is -5.13. The van der Waals surface area contributed by atoms with Gasteiger partial charge in [0.25, 0.3) is 5.91 Å². The van der Waals surface area contributed by atoms with Crippen LogP contribution in [-0.4, -0.2) is 31.9 Å². The van der Waals surface area contributed by atoms with Crippen LogP contribution in [-0.2, 0) is 16.1 Å². The fourth-order valence-electron chi connectivity index (χ4n) is 2.10. The molecule has 2 aromatic carbocycles. The smallest absolute Gasteiger partial charge is 0.422 e. The van der Waals surface area contributed by atoms with E-state index in [1.54, 1.807) is 14.0 Å². The van der Waals surface area contributed by atoms with E-state index in [4.69, 9.17) is 9.47 Å². The molecule has 0 aromatic heterocycles. The Hall–Kier alpha value is -2.74. The molecular weight excluding hydrogens is 363 g/mol. The fraction of sp³-hybridized carbons (Fsp3) is 0.316. The van der Waals surface area contributed by atoms with Gasteiger partial charge < -0.3 is 19.5 Å². The van der Waals surface area contributed by atoms with Crippen molar-refractivity contribution >= 4 is 11.6 Å². The van der Waals surface area contributed by atoms with Crippen molar-refractivity contribution in [1.82, 2.24) is 0 Å². The lowest BCUT2D eigenvalue weighted by atomic mass is 10.2. The topological polar surface area (TPSA) is 56.8 Å². The van der Waals surface area contributed by atoms with Crippen molar-refractivity contribution in [2.45, 2.75) is 25.8 Å². The zero-order valence-corrected chi connectivity index (χ0v) is 14.9. The molecule has 0 aliphatic heterocycles. The van der Waals surface area contributed by atoms with Crippen molar-refractivity contribution in [3.8, 4) is 11.5 Å².